The molecule has 1 aliphatic heterocycles. The molecular weight excluding hydrogens is 263 g/mol. The van der Waals surface area contributed by atoms with Gasteiger partial charge in [0.05, 0.1) is 10.4 Å². The van der Waals surface area contributed by atoms with Crippen molar-refractivity contribution >= 4 is 28.4 Å². The Morgan fingerprint density at radius 3 is 2.95 bits per heavy atom. The van der Waals surface area contributed by atoms with E-state index in [-0.39, 0.29) is 5.82 Å². The molecule has 3 nitrogen and oxygen atoms in total. The van der Waals surface area contributed by atoms with E-state index >= 15 is 0 Å². The second kappa shape index (κ2) is 5.35. The summed E-state index contributed by atoms with van der Waals surface area (Å²) >= 11 is 1.56. The molecule has 2 N–H and O–H groups in total. The van der Waals surface area contributed by atoms with E-state index in [1.807, 2.05) is 12.1 Å². The van der Waals surface area contributed by atoms with Crippen molar-refractivity contribution in [2.75, 3.05) is 18.9 Å². The lowest BCUT2D eigenvalue weighted by molar-refractivity contribution is 0.1000. The SMILES string of the molecule is Nc1cc(F)c(SC2CCOCC2)c2ncccc12. The molecule has 0 atom stereocenters. The molecule has 2 aromatic rings. The number of fused-ring (bicyclic) bond motifs is 1. The number of aromatic nitrogens is 1. The Bertz CT molecular complexity index is 599. The number of anilines is 1. The molecule has 1 saturated heterocycles. The molecular formula is C14H15FN2OS. The number of pyridine rings is 1. The normalized spacial score (nSPS) is 16.9. The van der Waals surface area contributed by atoms with Crippen LogP contribution >= 0.6 is 11.8 Å². The van der Waals surface area contributed by atoms with Gasteiger partial charge in [-0.3, -0.25) is 4.98 Å². The maximum Gasteiger partial charge on any atom is 0.141 e. The van der Waals surface area contributed by atoms with E-state index < -0.39 is 0 Å². The van der Waals surface area contributed by atoms with Gasteiger partial charge in [-0.05, 0) is 31.0 Å². The number of hydrogen-bond acceptors (Lipinski definition) is 4. The number of ether oxygens (including phenoxy) is 1. The molecule has 1 aromatic heterocycles. The molecule has 0 radical (unpaired) electrons. The molecule has 2 heterocycles. The molecule has 100 valence electrons. The van der Waals surface area contributed by atoms with Gasteiger partial charge in [0.2, 0.25) is 0 Å². The third kappa shape index (κ3) is 2.53. The Morgan fingerprint density at radius 2 is 2.16 bits per heavy atom. The quantitative estimate of drug-likeness (QED) is 0.857. The molecule has 0 amide bonds. The van der Waals surface area contributed by atoms with Gasteiger partial charge in [0.15, 0.2) is 0 Å². The van der Waals surface area contributed by atoms with Gasteiger partial charge in [-0.15, -0.1) is 11.8 Å². The van der Waals surface area contributed by atoms with E-state index in [0.717, 1.165) is 31.4 Å². The first-order valence-electron chi connectivity index (χ1n) is 6.33. The fraction of sp³-hybridized carbons (Fsp3) is 0.357. The molecule has 0 unspecified atom stereocenters. The summed E-state index contributed by atoms with van der Waals surface area (Å²) in [6.07, 6.45) is 3.57. The van der Waals surface area contributed by atoms with Crippen LogP contribution < -0.4 is 5.73 Å². The van der Waals surface area contributed by atoms with Crippen molar-refractivity contribution in [3.8, 4) is 0 Å². The Hall–Kier alpha value is -1.33. The molecule has 1 fully saturated rings. The summed E-state index contributed by atoms with van der Waals surface area (Å²) in [7, 11) is 0. The van der Waals surface area contributed by atoms with Gasteiger partial charge in [-0.25, -0.2) is 4.39 Å². The van der Waals surface area contributed by atoms with Crippen molar-refractivity contribution < 1.29 is 9.13 Å². The summed E-state index contributed by atoms with van der Waals surface area (Å²) in [6, 6.07) is 5.09. The zero-order valence-electron chi connectivity index (χ0n) is 10.4. The zero-order valence-corrected chi connectivity index (χ0v) is 11.3. The third-order valence-electron chi connectivity index (χ3n) is 3.29. The van der Waals surface area contributed by atoms with Crippen LogP contribution in [0.5, 0.6) is 0 Å². The molecule has 5 heteroatoms. The van der Waals surface area contributed by atoms with E-state index in [4.69, 9.17) is 10.5 Å². The standard InChI is InChI=1S/C14H15FN2OS/c15-11-8-12(16)10-2-1-5-17-13(10)14(11)19-9-3-6-18-7-4-9/h1-2,5,8-9H,3-4,6-7,16H2. The van der Waals surface area contributed by atoms with Crippen LogP contribution in [0.25, 0.3) is 10.9 Å². The Morgan fingerprint density at radius 1 is 1.37 bits per heavy atom. The van der Waals surface area contributed by atoms with E-state index in [9.17, 15) is 4.39 Å². The fourth-order valence-electron chi connectivity index (χ4n) is 2.28. The van der Waals surface area contributed by atoms with Crippen LogP contribution in [0.3, 0.4) is 0 Å². The van der Waals surface area contributed by atoms with E-state index in [0.29, 0.717) is 21.3 Å². The molecule has 0 spiro atoms. The minimum absolute atomic E-state index is 0.278. The van der Waals surface area contributed by atoms with Gasteiger partial charge in [0.1, 0.15) is 5.82 Å². The summed E-state index contributed by atoms with van der Waals surface area (Å²) in [4.78, 5) is 4.90. The topological polar surface area (TPSA) is 48.1 Å². The highest BCUT2D eigenvalue weighted by Crippen LogP contribution is 2.37. The number of nitrogens with two attached hydrogens (primary N) is 1. The predicted molar refractivity (Wildman–Crippen MR) is 75.8 cm³/mol. The first-order chi connectivity index (χ1) is 9.25. The summed E-state index contributed by atoms with van der Waals surface area (Å²) in [5, 5.41) is 1.20. The molecule has 0 bridgehead atoms. The van der Waals surface area contributed by atoms with E-state index in [2.05, 4.69) is 4.98 Å². The maximum atomic E-state index is 14.2. The van der Waals surface area contributed by atoms with Crippen LogP contribution in [0, 0.1) is 5.82 Å². The smallest absolute Gasteiger partial charge is 0.141 e. The van der Waals surface area contributed by atoms with Crippen molar-refractivity contribution in [2.45, 2.75) is 23.0 Å². The van der Waals surface area contributed by atoms with Crippen molar-refractivity contribution in [3.63, 3.8) is 0 Å². The number of thioether (sulfide) groups is 1. The molecule has 3 rings (SSSR count). The zero-order chi connectivity index (χ0) is 13.2. The lowest BCUT2D eigenvalue weighted by atomic mass is 10.2. The Kier molecular flexibility index (Phi) is 3.57. The average molecular weight is 278 g/mol. The molecule has 0 aliphatic carbocycles. The number of halogens is 1. The number of benzene rings is 1. The van der Waals surface area contributed by atoms with Crippen LogP contribution in [-0.2, 0) is 4.74 Å². The van der Waals surface area contributed by atoms with Crippen molar-refractivity contribution in [3.05, 3.63) is 30.2 Å². The highest BCUT2D eigenvalue weighted by atomic mass is 32.2. The van der Waals surface area contributed by atoms with Crippen LogP contribution in [0.1, 0.15) is 12.8 Å². The van der Waals surface area contributed by atoms with Crippen LogP contribution in [0.4, 0.5) is 10.1 Å². The summed E-state index contributed by atoms with van der Waals surface area (Å²) in [6.45, 7) is 1.50. The summed E-state index contributed by atoms with van der Waals surface area (Å²) < 4.78 is 19.5. The van der Waals surface area contributed by atoms with Gasteiger partial charge >= 0.3 is 0 Å². The monoisotopic (exact) mass is 278 g/mol. The number of nitrogen functional groups attached to an aromatic ring is 1. The van der Waals surface area contributed by atoms with Crippen molar-refractivity contribution in [1.82, 2.24) is 4.98 Å². The molecule has 19 heavy (non-hydrogen) atoms. The summed E-state index contributed by atoms with van der Waals surface area (Å²) in [5.74, 6) is -0.278. The first kappa shape index (κ1) is 12.7. The lowest BCUT2D eigenvalue weighted by Crippen LogP contribution is -2.17. The highest BCUT2D eigenvalue weighted by molar-refractivity contribution is 8.00. The van der Waals surface area contributed by atoms with Gasteiger partial charge in [0.25, 0.3) is 0 Å². The third-order valence-corrected chi connectivity index (χ3v) is 4.71. The second-order valence-corrected chi connectivity index (χ2v) is 5.92. The lowest BCUT2D eigenvalue weighted by Gasteiger charge is -2.22. The number of nitrogens with zero attached hydrogens (tertiary/aromatic N) is 1. The predicted octanol–water partition coefficient (Wildman–Crippen LogP) is 3.23. The minimum atomic E-state index is -0.278. The summed E-state index contributed by atoms with van der Waals surface area (Å²) in [5.41, 5.74) is 6.95. The largest absolute Gasteiger partial charge is 0.398 e. The van der Waals surface area contributed by atoms with Gasteiger partial charge < -0.3 is 10.5 Å². The Balaban J connectivity index is 2.01. The van der Waals surface area contributed by atoms with Crippen LogP contribution in [-0.4, -0.2) is 23.4 Å². The highest BCUT2D eigenvalue weighted by Gasteiger charge is 2.20. The van der Waals surface area contributed by atoms with Crippen LogP contribution in [0.2, 0.25) is 0 Å². The van der Waals surface area contributed by atoms with Gasteiger partial charge in [-0.1, -0.05) is 0 Å². The maximum absolute atomic E-state index is 14.2. The number of hydrogen-bond donors (Lipinski definition) is 1. The first-order valence-corrected chi connectivity index (χ1v) is 7.21. The minimum Gasteiger partial charge on any atom is -0.398 e. The number of rotatable bonds is 2. The van der Waals surface area contributed by atoms with E-state index in [1.165, 1.54) is 6.07 Å². The Labute approximate surface area is 115 Å². The molecule has 0 saturated carbocycles. The fourth-order valence-corrected chi connectivity index (χ4v) is 3.49. The average Bonchev–Trinajstić information content (AvgIpc) is 2.45. The molecule has 1 aliphatic rings. The van der Waals surface area contributed by atoms with Crippen molar-refractivity contribution in [2.24, 2.45) is 0 Å². The molecule has 1 aromatic carbocycles. The van der Waals surface area contributed by atoms with Gasteiger partial charge in [-0.2, -0.15) is 0 Å². The van der Waals surface area contributed by atoms with Crippen molar-refractivity contribution in [1.29, 1.82) is 0 Å². The second-order valence-electron chi connectivity index (χ2n) is 4.61. The van der Waals surface area contributed by atoms with E-state index in [1.54, 1.807) is 18.0 Å². The van der Waals surface area contributed by atoms with Gasteiger partial charge in [0, 0.05) is 35.7 Å². The van der Waals surface area contributed by atoms with Crippen LogP contribution in [0.15, 0.2) is 29.3 Å².